The van der Waals surface area contributed by atoms with Gasteiger partial charge in [-0.15, -0.1) is 0 Å². The summed E-state index contributed by atoms with van der Waals surface area (Å²) in [7, 11) is 0. The van der Waals surface area contributed by atoms with Crippen LogP contribution >= 0.6 is 11.6 Å². The quantitative estimate of drug-likeness (QED) is 0.781. The summed E-state index contributed by atoms with van der Waals surface area (Å²) in [6.07, 6.45) is 2.15. The number of nitrogens with one attached hydrogen (secondary N) is 1. The third-order valence-electron chi connectivity index (χ3n) is 2.47. The number of benzene rings is 1. The molecule has 0 aliphatic heterocycles. The molecule has 0 bridgehead atoms. The molecular weight excluding hydrogens is 208 g/mol. The van der Waals surface area contributed by atoms with Crippen molar-refractivity contribution in [3.05, 3.63) is 34.9 Å². The van der Waals surface area contributed by atoms with E-state index in [2.05, 4.69) is 24.4 Å². The first-order valence-corrected chi connectivity index (χ1v) is 5.82. The first kappa shape index (κ1) is 12.5. The van der Waals surface area contributed by atoms with Gasteiger partial charge in [0, 0.05) is 24.2 Å². The molecular formula is C12H19ClN2. The van der Waals surface area contributed by atoms with E-state index in [9.17, 15) is 0 Å². The maximum atomic E-state index is 5.83. The Bertz CT molecular complexity index is 271. The molecule has 1 rings (SSSR count). The molecule has 84 valence electrons. The van der Waals surface area contributed by atoms with Gasteiger partial charge in [-0.1, -0.05) is 30.7 Å². The molecule has 0 radical (unpaired) electrons. The van der Waals surface area contributed by atoms with E-state index >= 15 is 0 Å². The van der Waals surface area contributed by atoms with E-state index in [0.717, 1.165) is 24.4 Å². The molecule has 0 fully saturated rings. The zero-order valence-corrected chi connectivity index (χ0v) is 9.93. The van der Waals surface area contributed by atoms with E-state index in [1.54, 1.807) is 0 Å². The number of hydrogen-bond acceptors (Lipinski definition) is 2. The highest BCUT2D eigenvalue weighted by atomic mass is 35.5. The summed E-state index contributed by atoms with van der Waals surface area (Å²) in [5.74, 6) is 0. The fourth-order valence-electron chi connectivity index (χ4n) is 1.55. The molecule has 3 heteroatoms. The first-order valence-electron chi connectivity index (χ1n) is 5.44. The van der Waals surface area contributed by atoms with Crippen molar-refractivity contribution in [1.82, 2.24) is 5.32 Å². The lowest BCUT2D eigenvalue weighted by Crippen LogP contribution is -2.34. The summed E-state index contributed by atoms with van der Waals surface area (Å²) in [6.45, 7) is 3.76. The SMILES string of the molecule is CCC(Cc1ccc(Cl)cc1)NCCN. The van der Waals surface area contributed by atoms with Crippen molar-refractivity contribution in [2.24, 2.45) is 5.73 Å². The molecule has 1 atom stereocenters. The van der Waals surface area contributed by atoms with Crippen molar-refractivity contribution in [2.45, 2.75) is 25.8 Å². The molecule has 1 aromatic carbocycles. The number of rotatable bonds is 6. The van der Waals surface area contributed by atoms with Crippen molar-refractivity contribution >= 4 is 11.6 Å². The minimum Gasteiger partial charge on any atom is -0.329 e. The Morgan fingerprint density at radius 1 is 1.33 bits per heavy atom. The summed E-state index contributed by atoms with van der Waals surface area (Å²) in [5.41, 5.74) is 6.78. The summed E-state index contributed by atoms with van der Waals surface area (Å²) in [5, 5.41) is 4.22. The Morgan fingerprint density at radius 3 is 2.53 bits per heavy atom. The Morgan fingerprint density at radius 2 is 2.00 bits per heavy atom. The topological polar surface area (TPSA) is 38.0 Å². The van der Waals surface area contributed by atoms with Crippen LogP contribution in [0.4, 0.5) is 0 Å². The van der Waals surface area contributed by atoms with Crippen LogP contribution in [0.3, 0.4) is 0 Å². The molecule has 0 saturated carbocycles. The lowest BCUT2D eigenvalue weighted by atomic mass is 10.0. The van der Waals surface area contributed by atoms with Gasteiger partial charge in [-0.2, -0.15) is 0 Å². The highest BCUT2D eigenvalue weighted by molar-refractivity contribution is 6.30. The van der Waals surface area contributed by atoms with Gasteiger partial charge in [0.25, 0.3) is 0 Å². The standard InChI is InChI=1S/C12H19ClN2/c1-2-12(15-8-7-14)9-10-3-5-11(13)6-4-10/h3-6,12,15H,2,7-9,14H2,1H3. The Labute approximate surface area is 96.8 Å². The van der Waals surface area contributed by atoms with Crippen LogP contribution in [0.5, 0.6) is 0 Å². The normalized spacial score (nSPS) is 12.7. The predicted octanol–water partition coefficient (Wildman–Crippen LogP) is 2.21. The van der Waals surface area contributed by atoms with Gasteiger partial charge in [0.05, 0.1) is 0 Å². The van der Waals surface area contributed by atoms with E-state index in [1.807, 2.05) is 12.1 Å². The van der Waals surface area contributed by atoms with Gasteiger partial charge in [0.1, 0.15) is 0 Å². The van der Waals surface area contributed by atoms with E-state index in [-0.39, 0.29) is 0 Å². The molecule has 1 unspecified atom stereocenters. The van der Waals surface area contributed by atoms with Gasteiger partial charge in [-0.3, -0.25) is 0 Å². The molecule has 0 heterocycles. The summed E-state index contributed by atoms with van der Waals surface area (Å²) < 4.78 is 0. The molecule has 0 spiro atoms. The highest BCUT2D eigenvalue weighted by Gasteiger charge is 2.05. The molecule has 0 amide bonds. The van der Waals surface area contributed by atoms with Gasteiger partial charge in [0.2, 0.25) is 0 Å². The van der Waals surface area contributed by atoms with Crippen LogP contribution in [0.15, 0.2) is 24.3 Å². The minimum absolute atomic E-state index is 0.509. The maximum Gasteiger partial charge on any atom is 0.0406 e. The lowest BCUT2D eigenvalue weighted by molar-refractivity contribution is 0.502. The molecule has 1 aromatic rings. The number of nitrogens with two attached hydrogens (primary N) is 1. The lowest BCUT2D eigenvalue weighted by Gasteiger charge is -2.16. The smallest absolute Gasteiger partial charge is 0.0406 e. The zero-order valence-electron chi connectivity index (χ0n) is 9.17. The average molecular weight is 227 g/mol. The van der Waals surface area contributed by atoms with E-state index in [1.165, 1.54) is 5.56 Å². The van der Waals surface area contributed by atoms with Crippen LogP contribution in [0.25, 0.3) is 0 Å². The second-order valence-electron chi connectivity index (χ2n) is 3.68. The maximum absolute atomic E-state index is 5.83. The van der Waals surface area contributed by atoms with Gasteiger partial charge in [0.15, 0.2) is 0 Å². The fraction of sp³-hybridized carbons (Fsp3) is 0.500. The second kappa shape index (κ2) is 6.83. The van der Waals surface area contributed by atoms with Crippen molar-refractivity contribution in [3.63, 3.8) is 0 Å². The molecule has 0 aliphatic rings. The van der Waals surface area contributed by atoms with Crippen molar-refractivity contribution in [3.8, 4) is 0 Å². The van der Waals surface area contributed by atoms with Crippen LogP contribution in [0.2, 0.25) is 5.02 Å². The minimum atomic E-state index is 0.509. The average Bonchev–Trinajstić information content (AvgIpc) is 2.27. The van der Waals surface area contributed by atoms with Crippen LogP contribution < -0.4 is 11.1 Å². The highest BCUT2D eigenvalue weighted by Crippen LogP contribution is 2.11. The van der Waals surface area contributed by atoms with Crippen molar-refractivity contribution in [2.75, 3.05) is 13.1 Å². The molecule has 2 nitrogen and oxygen atoms in total. The first-order chi connectivity index (χ1) is 7.26. The van der Waals surface area contributed by atoms with Gasteiger partial charge >= 0.3 is 0 Å². The molecule has 0 aromatic heterocycles. The molecule has 3 N–H and O–H groups in total. The molecule has 15 heavy (non-hydrogen) atoms. The van der Waals surface area contributed by atoms with Crippen molar-refractivity contribution in [1.29, 1.82) is 0 Å². The van der Waals surface area contributed by atoms with Crippen LogP contribution in [0.1, 0.15) is 18.9 Å². The summed E-state index contributed by atoms with van der Waals surface area (Å²) in [6, 6.07) is 8.54. The predicted molar refractivity (Wildman–Crippen MR) is 66.3 cm³/mol. The Balaban J connectivity index is 2.47. The molecule has 0 aliphatic carbocycles. The van der Waals surface area contributed by atoms with Gasteiger partial charge < -0.3 is 11.1 Å². The van der Waals surface area contributed by atoms with Crippen LogP contribution in [-0.2, 0) is 6.42 Å². The second-order valence-corrected chi connectivity index (χ2v) is 4.11. The number of halogens is 1. The van der Waals surface area contributed by atoms with E-state index in [4.69, 9.17) is 17.3 Å². The largest absolute Gasteiger partial charge is 0.329 e. The fourth-order valence-corrected chi connectivity index (χ4v) is 1.68. The third kappa shape index (κ3) is 4.65. The van der Waals surface area contributed by atoms with Gasteiger partial charge in [-0.05, 0) is 30.5 Å². The summed E-state index contributed by atoms with van der Waals surface area (Å²) in [4.78, 5) is 0. The van der Waals surface area contributed by atoms with E-state index < -0.39 is 0 Å². The monoisotopic (exact) mass is 226 g/mol. The Kier molecular flexibility index (Phi) is 5.69. The zero-order chi connectivity index (χ0) is 11.1. The van der Waals surface area contributed by atoms with E-state index in [0.29, 0.717) is 12.6 Å². The molecule has 0 saturated heterocycles. The van der Waals surface area contributed by atoms with Crippen LogP contribution in [-0.4, -0.2) is 19.1 Å². The third-order valence-corrected chi connectivity index (χ3v) is 2.72. The number of hydrogen-bond donors (Lipinski definition) is 2. The van der Waals surface area contributed by atoms with Crippen LogP contribution in [0, 0.1) is 0 Å². The van der Waals surface area contributed by atoms with Gasteiger partial charge in [-0.25, -0.2) is 0 Å². The van der Waals surface area contributed by atoms with Crippen molar-refractivity contribution < 1.29 is 0 Å². The summed E-state index contributed by atoms with van der Waals surface area (Å²) >= 11 is 5.83. The Hall–Kier alpha value is -0.570.